The van der Waals surface area contributed by atoms with Crippen LogP contribution in [0.1, 0.15) is 18.1 Å². The van der Waals surface area contributed by atoms with Gasteiger partial charge in [0.1, 0.15) is 17.9 Å². The van der Waals surface area contributed by atoms with Crippen molar-refractivity contribution in [3.63, 3.8) is 0 Å². The Balaban J connectivity index is 1.21. The van der Waals surface area contributed by atoms with Gasteiger partial charge in [0.2, 0.25) is 0 Å². The van der Waals surface area contributed by atoms with Gasteiger partial charge in [-0.05, 0) is 81.7 Å². The van der Waals surface area contributed by atoms with Crippen molar-refractivity contribution < 1.29 is 19.0 Å². The molecule has 0 saturated heterocycles. The summed E-state index contributed by atoms with van der Waals surface area (Å²) in [5, 5.41) is 7.40. The van der Waals surface area contributed by atoms with Gasteiger partial charge in [-0.15, -0.1) is 0 Å². The number of aromatic nitrogens is 1. The number of pyridine rings is 1. The predicted octanol–water partition coefficient (Wildman–Crippen LogP) is 6.50. The van der Waals surface area contributed by atoms with Crippen molar-refractivity contribution in [2.75, 3.05) is 13.2 Å². The van der Waals surface area contributed by atoms with E-state index in [-0.39, 0.29) is 12.5 Å². The number of rotatable bonds is 10. The number of para-hydroxylation sites is 1. The molecule has 0 bridgehead atoms. The molecule has 5 aromatic rings. The zero-order chi connectivity index (χ0) is 27.0. The van der Waals surface area contributed by atoms with Gasteiger partial charge >= 0.3 is 0 Å². The first-order chi connectivity index (χ1) is 19.1. The number of benzene rings is 4. The molecule has 0 saturated carbocycles. The van der Waals surface area contributed by atoms with E-state index in [1.54, 1.807) is 18.5 Å². The molecule has 196 valence electrons. The van der Waals surface area contributed by atoms with Crippen LogP contribution in [0.2, 0.25) is 0 Å². The van der Waals surface area contributed by atoms with Crippen molar-refractivity contribution in [2.45, 2.75) is 13.5 Å². The van der Waals surface area contributed by atoms with E-state index < -0.39 is 0 Å². The van der Waals surface area contributed by atoms with Crippen LogP contribution in [-0.4, -0.2) is 30.3 Å². The second-order valence-electron chi connectivity index (χ2n) is 8.65. The number of hydrazone groups is 1. The molecule has 8 heteroatoms. The third-order valence-corrected chi connectivity index (χ3v) is 6.69. The summed E-state index contributed by atoms with van der Waals surface area (Å²) in [7, 11) is 0. The summed E-state index contributed by atoms with van der Waals surface area (Å²) in [6.45, 7) is 2.64. The zero-order valence-corrected chi connectivity index (χ0v) is 23.4. The average Bonchev–Trinajstić information content (AvgIpc) is 2.95. The van der Waals surface area contributed by atoms with Gasteiger partial charge in [0.15, 0.2) is 18.1 Å². The Morgan fingerprint density at radius 1 is 0.897 bits per heavy atom. The highest BCUT2D eigenvalue weighted by molar-refractivity contribution is 14.1. The Morgan fingerprint density at radius 2 is 1.72 bits per heavy atom. The number of nitrogens with one attached hydrogen (secondary N) is 1. The van der Waals surface area contributed by atoms with E-state index in [9.17, 15) is 4.79 Å². The third kappa shape index (κ3) is 6.64. The Labute approximate surface area is 239 Å². The fourth-order valence-corrected chi connectivity index (χ4v) is 4.88. The van der Waals surface area contributed by atoms with Crippen molar-refractivity contribution in [2.24, 2.45) is 5.10 Å². The molecule has 1 heterocycles. The van der Waals surface area contributed by atoms with Gasteiger partial charge in [-0.2, -0.15) is 5.10 Å². The van der Waals surface area contributed by atoms with Gasteiger partial charge in [-0.3, -0.25) is 9.78 Å². The quantitative estimate of drug-likeness (QED) is 0.108. The van der Waals surface area contributed by atoms with E-state index in [1.165, 1.54) is 10.8 Å². The molecular weight excluding hydrogens is 605 g/mol. The number of hydrogen-bond acceptors (Lipinski definition) is 6. The molecule has 1 aromatic heterocycles. The lowest BCUT2D eigenvalue weighted by atomic mass is 10.1. The molecule has 0 aliphatic carbocycles. The minimum atomic E-state index is -0.380. The third-order valence-electron chi connectivity index (χ3n) is 5.89. The van der Waals surface area contributed by atoms with E-state index >= 15 is 0 Å². The first-order valence-electron chi connectivity index (χ1n) is 12.5. The number of carbonyl (C=O) groups excluding carboxylic acids is 1. The minimum absolute atomic E-state index is 0.184. The fourth-order valence-electron chi connectivity index (χ4n) is 4.10. The van der Waals surface area contributed by atoms with E-state index in [2.05, 4.69) is 68.4 Å². The standard InChI is InChI=1S/C31H26IN3O4/c1-2-37-28-17-22(16-26(32)31(28)39-19-21-12-13-23-7-3-4-8-25(23)15-21)18-34-35-29(36)20-38-27-11-5-9-24-10-6-14-33-30(24)27/h3-18H,2,19-20H2,1H3,(H,35,36)/b34-18+. The van der Waals surface area contributed by atoms with Crippen LogP contribution in [0, 0.1) is 3.57 Å². The van der Waals surface area contributed by atoms with Crippen LogP contribution in [0.15, 0.2) is 96.2 Å². The summed E-state index contributed by atoms with van der Waals surface area (Å²) in [6, 6.07) is 27.7. The van der Waals surface area contributed by atoms with Crippen LogP contribution in [0.25, 0.3) is 21.7 Å². The van der Waals surface area contributed by atoms with Gasteiger partial charge < -0.3 is 14.2 Å². The van der Waals surface area contributed by atoms with Gasteiger partial charge in [0.25, 0.3) is 5.91 Å². The van der Waals surface area contributed by atoms with Crippen LogP contribution >= 0.6 is 22.6 Å². The van der Waals surface area contributed by atoms with Crippen LogP contribution in [0.3, 0.4) is 0 Å². The van der Waals surface area contributed by atoms with E-state index in [0.717, 1.165) is 20.1 Å². The molecule has 0 unspecified atom stereocenters. The number of amides is 1. The van der Waals surface area contributed by atoms with E-state index in [4.69, 9.17) is 14.2 Å². The lowest BCUT2D eigenvalue weighted by molar-refractivity contribution is -0.123. The summed E-state index contributed by atoms with van der Waals surface area (Å²) in [4.78, 5) is 16.7. The van der Waals surface area contributed by atoms with E-state index in [0.29, 0.717) is 36.0 Å². The number of halogens is 1. The first kappa shape index (κ1) is 26.4. The smallest absolute Gasteiger partial charge is 0.277 e. The second-order valence-corrected chi connectivity index (χ2v) is 9.81. The molecule has 0 aliphatic heterocycles. The number of ether oxygens (including phenoxy) is 3. The van der Waals surface area contributed by atoms with Gasteiger partial charge in [-0.25, -0.2) is 5.43 Å². The fraction of sp³-hybridized carbons (Fsp3) is 0.129. The summed E-state index contributed by atoms with van der Waals surface area (Å²) in [5.41, 5.74) is 5.05. The lowest BCUT2D eigenvalue weighted by Gasteiger charge is -2.15. The predicted molar refractivity (Wildman–Crippen MR) is 162 cm³/mol. The maximum absolute atomic E-state index is 12.3. The summed E-state index contributed by atoms with van der Waals surface area (Å²) < 4.78 is 18.6. The van der Waals surface area contributed by atoms with Crippen LogP contribution in [0.5, 0.6) is 17.2 Å². The molecule has 39 heavy (non-hydrogen) atoms. The molecule has 0 radical (unpaired) electrons. The molecule has 0 fully saturated rings. The van der Waals surface area contributed by atoms with Crippen LogP contribution in [-0.2, 0) is 11.4 Å². The second kappa shape index (κ2) is 12.6. The maximum atomic E-state index is 12.3. The monoisotopic (exact) mass is 631 g/mol. The molecule has 4 aromatic carbocycles. The first-order valence-corrected chi connectivity index (χ1v) is 13.5. The number of carbonyl (C=O) groups is 1. The van der Waals surface area contributed by atoms with Crippen LogP contribution in [0.4, 0.5) is 0 Å². The molecule has 1 N–H and O–H groups in total. The number of fused-ring (bicyclic) bond motifs is 2. The Bertz CT molecular complexity index is 1650. The summed E-state index contributed by atoms with van der Waals surface area (Å²) >= 11 is 2.22. The molecule has 5 rings (SSSR count). The Morgan fingerprint density at radius 3 is 2.59 bits per heavy atom. The van der Waals surface area contributed by atoms with Crippen molar-refractivity contribution in [1.82, 2.24) is 10.4 Å². The van der Waals surface area contributed by atoms with Gasteiger partial charge in [-0.1, -0.05) is 54.6 Å². The Kier molecular flexibility index (Phi) is 8.52. The van der Waals surface area contributed by atoms with Gasteiger partial charge in [0, 0.05) is 11.6 Å². The largest absolute Gasteiger partial charge is 0.490 e. The van der Waals surface area contributed by atoms with Crippen molar-refractivity contribution in [3.8, 4) is 17.2 Å². The highest BCUT2D eigenvalue weighted by atomic mass is 127. The summed E-state index contributed by atoms with van der Waals surface area (Å²) in [5.74, 6) is 1.45. The minimum Gasteiger partial charge on any atom is -0.490 e. The van der Waals surface area contributed by atoms with E-state index in [1.807, 2.05) is 55.5 Å². The molecule has 1 amide bonds. The highest BCUT2D eigenvalue weighted by Crippen LogP contribution is 2.34. The van der Waals surface area contributed by atoms with Crippen molar-refractivity contribution >= 4 is 56.4 Å². The SMILES string of the molecule is CCOc1cc(/C=N/NC(=O)COc2cccc3cccnc23)cc(I)c1OCc1ccc2ccccc2c1. The maximum Gasteiger partial charge on any atom is 0.277 e. The lowest BCUT2D eigenvalue weighted by Crippen LogP contribution is -2.24. The van der Waals surface area contributed by atoms with Crippen molar-refractivity contribution in [3.05, 3.63) is 106 Å². The average molecular weight is 631 g/mol. The highest BCUT2D eigenvalue weighted by Gasteiger charge is 2.13. The number of nitrogens with zero attached hydrogens (tertiary/aromatic N) is 2. The zero-order valence-electron chi connectivity index (χ0n) is 21.3. The number of hydrogen-bond donors (Lipinski definition) is 1. The molecule has 0 spiro atoms. The van der Waals surface area contributed by atoms with Crippen LogP contribution < -0.4 is 19.6 Å². The summed E-state index contributed by atoms with van der Waals surface area (Å²) in [6.07, 6.45) is 3.26. The topological polar surface area (TPSA) is 82.0 Å². The molecule has 0 aliphatic rings. The molecular formula is C31H26IN3O4. The normalized spacial score (nSPS) is 11.1. The van der Waals surface area contributed by atoms with Crippen molar-refractivity contribution in [1.29, 1.82) is 0 Å². The Hall–Kier alpha value is -4.18. The van der Waals surface area contributed by atoms with Gasteiger partial charge in [0.05, 0.1) is 16.4 Å². The molecule has 0 atom stereocenters. The molecule has 7 nitrogen and oxygen atoms in total.